The van der Waals surface area contributed by atoms with Crippen LogP contribution in [0.4, 0.5) is 0 Å². The number of hydrogen-bond acceptors (Lipinski definition) is 4. The number of amides is 1. The minimum Gasteiger partial charge on any atom is -0.385 e. The van der Waals surface area contributed by atoms with Crippen LogP contribution in [0.5, 0.6) is 0 Å². The van der Waals surface area contributed by atoms with Crippen molar-refractivity contribution >= 4 is 17.7 Å². The summed E-state index contributed by atoms with van der Waals surface area (Å²) in [5.74, 6) is -0.0967. The van der Waals surface area contributed by atoms with Gasteiger partial charge in [-0.3, -0.25) is 4.79 Å². The molecule has 23 heavy (non-hydrogen) atoms. The fraction of sp³-hybridized carbons (Fsp3) is 0.333. The van der Waals surface area contributed by atoms with Gasteiger partial charge in [0.1, 0.15) is 5.03 Å². The standard InChI is InChI=1S/C18H22N2O2S/c1-13-7-8-15(12-14(13)2)23-18-16(6-4-9-20-18)17(21)19-10-5-11-22-3/h4,6-9,12H,5,10-11H2,1-3H3,(H,19,21). The lowest BCUT2D eigenvalue weighted by Crippen LogP contribution is -2.25. The summed E-state index contributed by atoms with van der Waals surface area (Å²) in [6.45, 7) is 5.40. The molecule has 2 rings (SSSR count). The maximum atomic E-state index is 12.3. The van der Waals surface area contributed by atoms with Crippen molar-refractivity contribution in [2.75, 3.05) is 20.3 Å². The molecule has 2 aromatic rings. The first-order valence-electron chi connectivity index (χ1n) is 7.59. The molecule has 0 radical (unpaired) electrons. The maximum Gasteiger partial charge on any atom is 0.254 e. The van der Waals surface area contributed by atoms with E-state index >= 15 is 0 Å². The number of nitrogens with one attached hydrogen (secondary N) is 1. The van der Waals surface area contributed by atoms with Gasteiger partial charge in [-0.2, -0.15) is 0 Å². The predicted octanol–water partition coefficient (Wildman–Crippen LogP) is 3.62. The number of benzene rings is 1. The van der Waals surface area contributed by atoms with Gasteiger partial charge in [-0.1, -0.05) is 17.8 Å². The fourth-order valence-corrected chi connectivity index (χ4v) is 3.03. The molecule has 4 nitrogen and oxygen atoms in total. The zero-order valence-electron chi connectivity index (χ0n) is 13.8. The van der Waals surface area contributed by atoms with Gasteiger partial charge >= 0.3 is 0 Å². The van der Waals surface area contributed by atoms with Crippen LogP contribution in [-0.2, 0) is 4.74 Å². The number of methoxy groups -OCH3 is 1. The van der Waals surface area contributed by atoms with Crippen molar-refractivity contribution in [2.45, 2.75) is 30.2 Å². The van der Waals surface area contributed by atoms with E-state index in [2.05, 4.69) is 42.3 Å². The lowest BCUT2D eigenvalue weighted by atomic mass is 10.1. The number of nitrogens with zero attached hydrogens (tertiary/aromatic N) is 1. The van der Waals surface area contributed by atoms with Gasteiger partial charge in [0.2, 0.25) is 0 Å². The minimum absolute atomic E-state index is 0.0967. The Morgan fingerprint density at radius 3 is 2.83 bits per heavy atom. The molecule has 1 heterocycles. The number of aryl methyl sites for hydroxylation is 2. The molecule has 122 valence electrons. The molecular weight excluding hydrogens is 308 g/mol. The zero-order valence-corrected chi connectivity index (χ0v) is 14.6. The molecule has 0 saturated carbocycles. The molecule has 0 spiro atoms. The maximum absolute atomic E-state index is 12.3. The normalized spacial score (nSPS) is 10.6. The third-order valence-corrected chi connectivity index (χ3v) is 4.53. The molecule has 1 aromatic heterocycles. The predicted molar refractivity (Wildman–Crippen MR) is 93.1 cm³/mol. The van der Waals surface area contributed by atoms with Crippen LogP contribution >= 0.6 is 11.8 Å². The first-order chi connectivity index (χ1) is 11.1. The Kier molecular flexibility index (Phi) is 6.62. The monoisotopic (exact) mass is 330 g/mol. The highest BCUT2D eigenvalue weighted by molar-refractivity contribution is 7.99. The Hall–Kier alpha value is -1.85. The van der Waals surface area contributed by atoms with Gasteiger partial charge in [0, 0.05) is 31.4 Å². The minimum atomic E-state index is -0.0967. The lowest BCUT2D eigenvalue weighted by molar-refractivity contribution is 0.0945. The van der Waals surface area contributed by atoms with Crippen molar-refractivity contribution in [3.63, 3.8) is 0 Å². The molecule has 0 fully saturated rings. The van der Waals surface area contributed by atoms with Gasteiger partial charge in [-0.15, -0.1) is 0 Å². The summed E-state index contributed by atoms with van der Waals surface area (Å²) in [5.41, 5.74) is 3.09. The van der Waals surface area contributed by atoms with Crippen molar-refractivity contribution in [3.8, 4) is 0 Å². The number of aromatic nitrogens is 1. The van der Waals surface area contributed by atoms with E-state index in [9.17, 15) is 4.79 Å². The van der Waals surface area contributed by atoms with Crippen molar-refractivity contribution < 1.29 is 9.53 Å². The Labute approximate surface area is 141 Å². The second kappa shape index (κ2) is 8.70. The van der Waals surface area contributed by atoms with Crippen LogP contribution in [0, 0.1) is 13.8 Å². The van der Waals surface area contributed by atoms with Crippen LogP contribution in [0.1, 0.15) is 27.9 Å². The van der Waals surface area contributed by atoms with E-state index in [-0.39, 0.29) is 5.91 Å². The van der Waals surface area contributed by atoms with E-state index in [1.807, 2.05) is 6.07 Å². The number of rotatable bonds is 7. The number of pyridine rings is 1. The van der Waals surface area contributed by atoms with Crippen LogP contribution in [0.3, 0.4) is 0 Å². The van der Waals surface area contributed by atoms with Gasteiger partial charge < -0.3 is 10.1 Å². The van der Waals surface area contributed by atoms with Gasteiger partial charge in [0.15, 0.2) is 0 Å². The summed E-state index contributed by atoms with van der Waals surface area (Å²) in [5, 5.41) is 3.63. The van der Waals surface area contributed by atoms with E-state index in [0.717, 1.165) is 16.3 Å². The molecule has 0 atom stereocenters. The Bertz CT molecular complexity index is 674. The number of carbonyl (C=O) groups excluding carboxylic acids is 1. The SMILES string of the molecule is COCCCNC(=O)c1cccnc1Sc1ccc(C)c(C)c1. The van der Waals surface area contributed by atoms with E-state index < -0.39 is 0 Å². The second-order valence-corrected chi connectivity index (χ2v) is 6.37. The van der Waals surface area contributed by atoms with Crippen molar-refractivity contribution in [2.24, 2.45) is 0 Å². The second-order valence-electron chi connectivity index (χ2n) is 5.31. The van der Waals surface area contributed by atoms with Crippen molar-refractivity contribution in [1.82, 2.24) is 10.3 Å². The molecule has 1 N–H and O–H groups in total. The highest BCUT2D eigenvalue weighted by atomic mass is 32.2. The van der Waals surface area contributed by atoms with E-state index in [1.54, 1.807) is 19.4 Å². The lowest BCUT2D eigenvalue weighted by Gasteiger charge is -2.10. The third kappa shape index (κ3) is 5.08. The summed E-state index contributed by atoms with van der Waals surface area (Å²) in [6, 6.07) is 9.86. The molecule has 5 heteroatoms. The number of hydrogen-bond donors (Lipinski definition) is 1. The van der Waals surface area contributed by atoms with Gasteiger partial charge in [0.05, 0.1) is 5.56 Å². The average molecular weight is 330 g/mol. The van der Waals surface area contributed by atoms with Crippen LogP contribution < -0.4 is 5.32 Å². The summed E-state index contributed by atoms with van der Waals surface area (Å²) in [6.07, 6.45) is 2.51. The molecule has 1 amide bonds. The van der Waals surface area contributed by atoms with Crippen molar-refractivity contribution in [3.05, 3.63) is 53.2 Å². The highest BCUT2D eigenvalue weighted by Gasteiger charge is 2.13. The van der Waals surface area contributed by atoms with Crippen LogP contribution in [0.2, 0.25) is 0 Å². The Balaban J connectivity index is 2.10. The molecule has 1 aromatic carbocycles. The molecule has 0 saturated heterocycles. The quantitative estimate of drug-likeness (QED) is 0.788. The molecule has 0 aliphatic carbocycles. The molecule has 0 aliphatic heterocycles. The van der Waals surface area contributed by atoms with Crippen LogP contribution in [0.15, 0.2) is 46.5 Å². The molecule has 0 bridgehead atoms. The number of carbonyl (C=O) groups is 1. The first-order valence-corrected chi connectivity index (χ1v) is 8.40. The van der Waals surface area contributed by atoms with E-state index in [0.29, 0.717) is 18.7 Å². The average Bonchev–Trinajstić information content (AvgIpc) is 2.55. The summed E-state index contributed by atoms with van der Waals surface area (Å²) >= 11 is 1.51. The third-order valence-electron chi connectivity index (χ3n) is 3.52. The van der Waals surface area contributed by atoms with Crippen LogP contribution in [-0.4, -0.2) is 31.2 Å². The smallest absolute Gasteiger partial charge is 0.254 e. The Morgan fingerprint density at radius 2 is 2.09 bits per heavy atom. The van der Waals surface area contributed by atoms with E-state index in [1.165, 1.54) is 22.9 Å². The zero-order chi connectivity index (χ0) is 16.7. The van der Waals surface area contributed by atoms with E-state index in [4.69, 9.17) is 4.74 Å². The molecule has 0 aliphatic rings. The van der Waals surface area contributed by atoms with Gasteiger partial charge in [-0.05, 0) is 55.7 Å². The fourth-order valence-electron chi connectivity index (χ4n) is 2.05. The largest absolute Gasteiger partial charge is 0.385 e. The van der Waals surface area contributed by atoms with Crippen molar-refractivity contribution in [1.29, 1.82) is 0 Å². The van der Waals surface area contributed by atoms with Gasteiger partial charge in [0.25, 0.3) is 5.91 Å². The van der Waals surface area contributed by atoms with Crippen LogP contribution in [0.25, 0.3) is 0 Å². The first kappa shape index (κ1) is 17.5. The van der Waals surface area contributed by atoms with Gasteiger partial charge in [-0.25, -0.2) is 4.98 Å². The highest BCUT2D eigenvalue weighted by Crippen LogP contribution is 2.29. The molecule has 0 unspecified atom stereocenters. The summed E-state index contributed by atoms with van der Waals surface area (Å²) < 4.78 is 4.99. The summed E-state index contributed by atoms with van der Waals surface area (Å²) in [7, 11) is 1.65. The Morgan fingerprint density at radius 1 is 1.26 bits per heavy atom. The number of ether oxygens (including phenoxy) is 1. The molecular formula is C18H22N2O2S. The summed E-state index contributed by atoms with van der Waals surface area (Å²) in [4.78, 5) is 17.8. The topological polar surface area (TPSA) is 51.2 Å².